The van der Waals surface area contributed by atoms with E-state index in [-0.39, 0.29) is 6.10 Å². The van der Waals surface area contributed by atoms with Gasteiger partial charge in [-0.05, 0) is 18.8 Å². The number of amidine groups is 1. The van der Waals surface area contributed by atoms with Crippen molar-refractivity contribution in [1.29, 1.82) is 0 Å². The van der Waals surface area contributed by atoms with Gasteiger partial charge < -0.3 is 10.0 Å². The van der Waals surface area contributed by atoms with E-state index < -0.39 is 0 Å². The second-order valence-corrected chi connectivity index (χ2v) is 4.27. The number of hydrogen-bond donors (Lipinski definition) is 1. The summed E-state index contributed by atoms with van der Waals surface area (Å²) >= 11 is 1.66. The first-order chi connectivity index (χ1) is 6.22. The smallest absolute Gasteiger partial charge is 0.163 e. The normalized spacial score (nSPS) is 27.8. The lowest BCUT2D eigenvalue weighted by Gasteiger charge is -2.25. The molecule has 72 valence electrons. The van der Waals surface area contributed by atoms with Crippen molar-refractivity contribution in [3.05, 3.63) is 11.3 Å². The molecule has 13 heavy (non-hydrogen) atoms. The lowest BCUT2D eigenvalue weighted by Crippen LogP contribution is -2.29. The molecule has 0 saturated carbocycles. The molecule has 2 aliphatic rings. The maximum atomic E-state index is 9.55. The van der Waals surface area contributed by atoms with Crippen molar-refractivity contribution >= 4 is 16.9 Å². The summed E-state index contributed by atoms with van der Waals surface area (Å²) in [7, 11) is 0. The molecule has 2 aliphatic heterocycles. The molecule has 1 saturated heterocycles. The largest absolute Gasteiger partial charge is 0.391 e. The number of fused-ring (bicyclic) bond motifs is 1. The zero-order valence-corrected chi connectivity index (χ0v) is 8.77. The van der Waals surface area contributed by atoms with E-state index in [0.717, 1.165) is 18.1 Å². The molecule has 1 atom stereocenters. The molecule has 1 N–H and O–H groups in total. The average molecular weight is 198 g/mol. The van der Waals surface area contributed by atoms with E-state index in [1.54, 1.807) is 11.8 Å². The van der Waals surface area contributed by atoms with Gasteiger partial charge in [0.05, 0.1) is 19.2 Å². The Labute approximate surface area is 82.5 Å². The predicted molar refractivity (Wildman–Crippen MR) is 55.8 cm³/mol. The van der Waals surface area contributed by atoms with Crippen LogP contribution in [-0.4, -0.2) is 40.6 Å². The van der Waals surface area contributed by atoms with Crippen molar-refractivity contribution in [3.63, 3.8) is 0 Å². The van der Waals surface area contributed by atoms with E-state index in [9.17, 15) is 5.11 Å². The van der Waals surface area contributed by atoms with Crippen LogP contribution in [0.25, 0.3) is 0 Å². The molecule has 0 aromatic rings. The van der Waals surface area contributed by atoms with Crippen LogP contribution in [0.3, 0.4) is 0 Å². The van der Waals surface area contributed by atoms with Gasteiger partial charge in [-0.15, -0.1) is 0 Å². The monoisotopic (exact) mass is 198 g/mol. The van der Waals surface area contributed by atoms with Crippen molar-refractivity contribution < 1.29 is 5.11 Å². The standard InChI is InChI=1S/C9H14N2OS/c1-6-4-10-9(13-2)11-5-7(12)3-8(6)11/h7,12H,3-5H2,1-2H3/t7-/m0/s1. The molecule has 0 unspecified atom stereocenters. The fourth-order valence-electron chi connectivity index (χ4n) is 1.85. The van der Waals surface area contributed by atoms with Crippen LogP contribution < -0.4 is 0 Å². The van der Waals surface area contributed by atoms with Crippen LogP contribution in [0, 0.1) is 0 Å². The summed E-state index contributed by atoms with van der Waals surface area (Å²) in [6, 6.07) is 0. The van der Waals surface area contributed by atoms with E-state index in [2.05, 4.69) is 16.8 Å². The van der Waals surface area contributed by atoms with E-state index in [1.807, 2.05) is 6.26 Å². The van der Waals surface area contributed by atoms with E-state index >= 15 is 0 Å². The van der Waals surface area contributed by atoms with Crippen LogP contribution in [0.4, 0.5) is 0 Å². The molecular formula is C9H14N2OS. The zero-order chi connectivity index (χ0) is 9.42. The molecule has 0 amide bonds. The van der Waals surface area contributed by atoms with Crippen LogP contribution in [0.15, 0.2) is 16.3 Å². The minimum Gasteiger partial charge on any atom is -0.391 e. The average Bonchev–Trinajstić information content (AvgIpc) is 2.48. The molecule has 0 radical (unpaired) electrons. The Morgan fingerprint density at radius 2 is 2.38 bits per heavy atom. The molecule has 2 rings (SSSR count). The summed E-state index contributed by atoms with van der Waals surface area (Å²) < 4.78 is 0. The molecule has 0 aliphatic carbocycles. The van der Waals surface area contributed by atoms with E-state index in [1.165, 1.54) is 11.3 Å². The van der Waals surface area contributed by atoms with Gasteiger partial charge >= 0.3 is 0 Å². The molecular weight excluding hydrogens is 184 g/mol. The molecule has 1 fully saturated rings. The van der Waals surface area contributed by atoms with E-state index in [0.29, 0.717) is 6.54 Å². The summed E-state index contributed by atoms with van der Waals surface area (Å²) in [6.45, 7) is 3.61. The second kappa shape index (κ2) is 3.35. The first kappa shape index (κ1) is 9.09. The predicted octanol–water partition coefficient (Wildman–Crippen LogP) is 1.06. The van der Waals surface area contributed by atoms with Crippen LogP contribution in [-0.2, 0) is 0 Å². The number of aliphatic hydroxyl groups excluding tert-OH is 1. The summed E-state index contributed by atoms with van der Waals surface area (Å²) in [6.07, 6.45) is 2.62. The fraction of sp³-hybridized carbons (Fsp3) is 0.667. The van der Waals surface area contributed by atoms with Crippen molar-refractivity contribution in [1.82, 2.24) is 4.90 Å². The Morgan fingerprint density at radius 1 is 1.62 bits per heavy atom. The Kier molecular flexibility index (Phi) is 2.34. The number of rotatable bonds is 0. The van der Waals surface area contributed by atoms with Gasteiger partial charge in [-0.1, -0.05) is 11.8 Å². The molecule has 0 aromatic heterocycles. The molecule has 0 spiro atoms. The third kappa shape index (κ3) is 1.48. The first-order valence-corrected chi connectivity index (χ1v) is 5.67. The molecule has 2 heterocycles. The highest BCUT2D eigenvalue weighted by molar-refractivity contribution is 8.13. The second-order valence-electron chi connectivity index (χ2n) is 3.50. The maximum Gasteiger partial charge on any atom is 0.163 e. The topological polar surface area (TPSA) is 35.8 Å². The van der Waals surface area contributed by atoms with Gasteiger partial charge in [-0.3, -0.25) is 4.99 Å². The highest BCUT2D eigenvalue weighted by Gasteiger charge is 2.31. The highest BCUT2D eigenvalue weighted by Crippen LogP contribution is 2.30. The number of aliphatic hydroxyl groups is 1. The van der Waals surface area contributed by atoms with Gasteiger partial charge in [0.25, 0.3) is 0 Å². The summed E-state index contributed by atoms with van der Waals surface area (Å²) in [5.74, 6) is 0. The van der Waals surface area contributed by atoms with E-state index in [4.69, 9.17) is 0 Å². The number of thioether (sulfide) groups is 1. The zero-order valence-electron chi connectivity index (χ0n) is 7.95. The van der Waals surface area contributed by atoms with Crippen molar-refractivity contribution in [2.24, 2.45) is 4.99 Å². The molecule has 0 bridgehead atoms. The van der Waals surface area contributed by atoms with Gasteiger partial charge in [-0.25, -0.2) is 0 Å². The van der Waals surface area contributed by atoms with Gasteiger partial charge in [-0.2, -0.15) is 0 Å². The first-order valence-electron chi connectivity index (χ1n) is 4.45. The number of nitrogens with zero attached hydrogens (tertiary/aromatic N) is 2. The molecule has 4 heteroatoms. The van der Waals surface area contributed by atoms with Gasteiger partial charge in [0.1, 0.15) is 0 Å². The summed E-state index contributed by atoms with van der Waals surface area (Å²) in [5, 5.41) is 10.6. The SMILES string of the molecule is CSC1=NCC(C)=C2C[C@H](O)CN12. The van der Waals surface area contributed by atoms with Gasteiger partial charge in [0, 0.05) is 12.1 Å². The van der Waals surface area contributed by atoms with Crippen molar-refractivity contribution in [3.8, 4) is 0 Å². The fourth-order valence-corrected chi connectivity index (χ4v) is 2.45. The summed E-state index contributed by atoms with van der Waals surface area (Å²) in [5.41, 5.74) is 2.58. The Bertz CT molecular complexity index is 285. The van der Waals surface area contributed by atoms with Crippen LogP contribution in [0.5, 0.6) is 0 Å². The maximum absolute atomic E-state index is 9.55. The van der Waals surface area contributed by atoms with Crippen LogP contribution in [0.2, 0.25) is 0 Å². The number of hydrogen-bond acceptors (Lipinski definition) is 4. The quantitative estimate of drug-likeness (QED) is 0.632. The van der Waals surface area contributed by atoms with Crippen molar-refractivity contribution in [2.45, 2.75) is 19.4 Å². The lowest BCUT2D eigenvalue weighted by molar-refractivity contribution is 0.189. The highest BCUT2D eigenvalue weighted by atomic mass is 32.2. The number of aliphatic imine (C=N–C) groups is 1. The minimum absolute atomic E-state index is 0.208. The van der Waals surface area contributed by atoms with Gasteiger partial charge in [0.15, 0.2) is 5.17 Å². The Morgan fingerprint density at radius 3 is 3.08 bits per heavy atom. The van der Waals surface area contributed by atoms with Crippen LogP contribution >= 0.6 is 11.8 Å². The third-order valence-corrected chi connectivity index (χ3v) is 3.22. The summed E-state index contributed by atoms with van der Waals surface area (Å²) in [4.78, 5) is 6.59. The van der Waals surface area contributed by atoms with Crippen molar-refractivity contribution in [2.75, 3.05) is 19.3 Å². The molecule has 0 aromatic carbocycles. The Balaban J connectivity index is 2.28. The van der Waals surface area contributed by atoms with Gasteiger partial charge in [0.2, 0.25) is 0 Å². The third-order valence-electron chi connectivity index (χ3n) is 2.51. The minimum atomic E-state index is -0.208. The molecule has 3 nitrogen and oxygen atoms in total. The lowest BCUT2D eigenvalue weighted by atomic mass is 10.1. The van der Waals surface area contributed by atoms with Crippen LogP contribution in [0.1, 0.15) is 13.3 Å². The Hall–Kier alpha value is -0.480.